The number of hydrogen-bond acceptors (Lipinski definition) is 3. The van der Waals surface area contributed by atoms with Gasteiger partial charge in [-0.05, 0) is 59.2 Å². The lowest BCUT2D eigenvalue weighted by Crippen LogP contribution is -2.28. The van der Waals surface area contributed by atoms with Crippen LogP contribution in [-0.2, 0) is 4.79 Å². The number of allylic oxidation sites excluding steroid dienone is 2. The van der Waals surface area contributed by atoms with E-state index in [1.165, 1.54) is 64.2 Å². The van der Waals surface area contributed by atoms with Crippen LogP contribution in [0.2, 0.25) is 0 Å². The zero-order valence-electron chi connectivity index (χ0n) is 18.4. The molecule has 0 rings (SSSR count). The van der Waals surface area contributed by atoms with Gasteiger partial charge in [0.05, 0.1) is 0 Å². The molecule has 0 radical (unpaired) electrons. The van der Waals surface area contributed by atoms with Gasteiger partial charge in [0, 0.05) is 13.0 Å². The fourth-order valence-corrected chi connectivity index (χ4v) is 3.13. The molecule has 0 aliphatic heterocycles. The summed E-state index contributed by atoms with van der Waals surface area (Å²) in [7, 11) is 3.95. The van der Waals surface area contributed by atoms with Gasteiger partial charge in [0.2, 0.25) is 5.91 Å². The van der Waals surface area contributed by atoms with Crippen LogP contribution in [-0.4, -0.2) is 43.1 Å². The van der Waals surface area contributed by atoms with Crippen LogP contribution in [0, 0.1) is 5.21 Å². The lowest BCUT2D eigenvalue weighted by molar-refractivity contribution is -0.128. The zero-order chi connectivity index (χ0) is 20.2. The van der Waals surface area contributed by atoms with E-state index in [4.69, 9.17) is 0 Å². The van der Waals surface area contributed by atoms with E-state index in [1.54, 1.807) is 0 Å². The van der Waals surface area contributed by atoms with Crippen molar-refractivity contribution < 1.29 is 4.79 Å². The number of hydroxylamine groups is 2. The van der Waals surface area contributed by atoms with Gasteiger partial charge in [-0.25, -0.2) is 0 Å². The molecule has 0 aliphatic rings. The van der Waals surface area contributed by atoms with Crippen molar-refractivity contribution in [3.8, 4) is 0 Å². The van der Waals surface area contributed by atoms with Gasteiger partial charge in [-0.15, -0.1) is 0 Å². The molecule has 4 nitrogen and oxygen atoms in total. The molecule has 0 fully saturated rings. The Morgan fingerprint density at radius 2 is 1.26 bits per heavy atom. The highest BCUT2D eigenvalue weighted by Gasteiger charge is 2.04. The minimum Gasteiger partial charge on any atom is -0.756 e. The van der Waals surface area contributed by atoms with Crippen LogP contribution in [0.5, 0.6) is 0 Å². The molecule has 0 aromatic rings. The molecule has 0 spiro atoms. The molecule has 4 heteroatoms. The maximum atomic E-state index is 11.7. The Morgan fingerprint density at radius 1 is 0.741 bits per heavy atom. The average molecular weight is 382 g/mol. The summed E-state index contributed by atoms with van der Waals surface area (Å²) in [4.78, 5) is 13.8. The van der Waals surface area contributed by atoms with Crippen molar-refractivity contribution in [2.75, 3.05) is 27.2 Å². The summed E-state index contributed by atoms with van der Waals surface area (Å²) in [6, 6.07) is 0. The maximum Gasteiger partial charge on any atom is 0.212 e. The molecule has 0 atom stereocenters. The van der Waals surface area contributed by atoms with Crippen LogP contribution in [0.15, 0.2) is 12.2 Å². The molecule has 0 aliphatic carbocycles. The molecule has 0 saturated carbocycles. The Hall–Kier alpha value is -0.870. The highest BCUT2D eigenvalue weighted by atomic mass is 16.5. The molecule has 0 saturated heterocycles. The van der Waals surface area contributed by atoms with Gasteiger partial charge in [-0.1, -0.05) is 70.4 Å². The van der Waals surface area contributed by atoms with E-state index < -0.39 is 0 Å². The Labute approximate surface area is 169 Å². The standard InChI is InChI=1S/C23H45N2O2/c1-4-5-6-7-8-9-10-11-12-13-14-15-16-17-18-20-23(26)25(27)22-19-21-24(2)3/h11-12H,4-10,13-22H2,1-3H3/q-1. The van der Waals surface area contributed by atoms with Gasteiger partial charge in [0.15, 0.2) is 0 Å². The van der Waals surface area contributed by atoms with Crippen molar-refractivity contribution in [2.45, 2.75) is 103 Å². The van der Waals surface area contributed by atoms with E-state index in [0.717, 1.165) is 32.2 Å². The number of carbonyl (C=O) groups is 1. The van der Waals surface area contributed by atoms with Crippen LogP contribution in [0.1, 0.15) is 103 Å². The van der Waals surface area contributed by atoms with Crippen molar-refractivity contribution >= 4 is 5.91 Å². The molecule has 27 heavy (non-hydrogen) atoms. The fourth-order valence-electron chi connectivity index (χ4n) is 3.13. The highest BCUT2D eigenvalue weighted by molar-refractivity contribution is 5.76. The predicted molar refractivity (Wildman–Crippen MR) is 118 cm³/mol. The maximum absolute atomic E-state index is 11.7. The quantitative estimate of drug-likeness (QED) is 0.150. The van der Waals surface area contributed by atoms with Crippen LogP contribution in [0.4, 0.5) is 0 Å². The highest BCUT2D eigenvalue weighted by Crippen LogP contribution is 2.10. The summed E-state index contributed by atoms with van der Waals surface area (Å²) in [5, 5.41) is 12.3. The molecule has 0 heterocycles. The molecule has 0 aromatic heterocycles. The lowest BCUT2D eigenvalue weighted by atomic mass is 10.1. The fraction of sp³-hybridized carbons (Fsp3) is 0.870. The number of carbonyl (C=O) groups excluding carboxylic acids is 1. The third-order valence-electron chi connectivity index (χ3n) is 4.90. The molecular formula is C23H45N2O2-. The van der Waals surface area contributed by atoms with E-state index in [2.05, 4.69) is 19.1 Å². The first-order valence-corrected chi connectivity index (χ1v) is 11.3. The van der Waals surface area contributed by atoms with Crippen LogP contribution in [0.25, 0.3) is 0 Å². The summed E-state index contributed by atoms with van der Waals surface area (Å²) < 4.78 is 0. The van der Waals surface area contributed by atoms with E-state index >= 15 is 0 Å². The minimum atomic E-state index is -0.244. The average Bonchev–Trinajstić information content (AvgIpc) is 2.64. The monoisotopic (exact) mass is 381 g/mol. The molecule has 0 aromatic carbocycles. The van der Waals surface area contributed by atoms with Crippen LogP contribution < -0.4 is 0 Å². The van der Waals surface area contributed by atoms with Crippen LogP contribution >= 0.6 is 0 Å². The zero-order valence-corrected chi connectivity index (χ0v) is 18.4. The third kappa shape index (κ3) is 19.7. The van der Waals surface area contributed by atoms with Crippen molar-refractivity contribution in [3.05, 3.63) is 17.4 Å². The van der Waals surface area contributed by atoms with Gasteiger partial charge in [-0.2, -0.15) is 0 Å². The molecular weight excluding hydrogens is 336 g/mol. The van der Waals surface area contributed by atoms with Crippen molar-refractivity contribution in [1.82, 2.24) is 9.96 Å². The van der Waals surface area contributed by atoms with Crippen LogP contribution in [0.3, 0.4) is 0 Å². The van der Waals surface area contributed by atoms with Gasteiger partial charge in [-0.3, -0.25) is 4.79 Å². The van der Waals surface area contributed by atoms with Crippen molar-refractivity contribution in [3.63, 3.8) is 0 Å². The Kier molecular flexibility index (Phi) is 19.2. The summed E-state index contributed by atoms with van der Waals surface area (Å²) >= 11 is 0. The van der Waals surface area contributed by atoms with Crippen molar-refractivity contribution in [2.24, 2.45) is 0 Å². The smallest absolute Gasteiger partial charge is 0.212 e. The predicted octanol–water partition coefficient (Wildman–Crippen LogP) is 6.30. The Bertz CT molecular complexity index is 356. The lowest BCUT2D eigenvalue weighted by Gasteiger charge is -2.28. The molecule has 0 N–H and O–H groups in total. The summed E-state index contributed by atoms with van der Waals surface area (Å²) in [6.45, 7) is 3.43. The number of nitrogens with zero attached hydrogens (tertiary/aromatic N) is 2. The SMILES string of the molecule is CCCCCCCCC=CCCCCCCCC(=O)N([O-])CCCN(C)C. The Morgan fingerprint density at radius 3 is 1.81 bits per heavy atom. The first-order chi connectivity index (χ1) is 13.1. The summed E-state index contributed by atoms with van der Waals surface area (Å²) in [5.74, 6) is -0.244. The summed E-state index contributed by atoms with van der Waals surface area (Å²) in [6.07, 6.45) is 22.0. The number of amides is 1. The summed E-state index contributed by atoms with van der Waals surface area (Å²) in [5.41, 5.74) is 0. The number of hydrogen-bond donors (Lipinski definition) is 0. The second-order valence-corrected chi connectivity index (χ2v) is 7.99. The largest absolute Gasteiger partial charge is 0.756 e. The van der Waals surface area contributed by atoms with Gasteiger partial charge >= 0.3 is 0 Å². The first-order valence-electron chi connectivity index (χ1n) is 11.3. The molecule has 160 valence electrons. The van der Waals surface area contributed by atoms with Gasteiger partial charge in [0.1, 0.15) is 0 Å². The molecule has 0 bridgehead atoms. The minimum absolute atomic E-state index is 0.244. The number of rotatable bonds is 19. The number of unbranched alkanes of at least 4 members (excludes halogenated alkanes) is 11. The van der Waals surface area contributed by atoms with Gasteiger partial charge < -0.3 is 15.2 Å². The first kappa shape index (κ1) is 26.1. The van der Waals surface area contributed by atoms with E-state index in [-0.39, 0.29) is 5.91 Å². The van der Waals surface area contributed by atoms with E-state index in [9.17, 15) is 10.0 Å². The molecule has 1 amide bonds. The van der Waals surface area contributed by atoms with Gasteiger partial charge in [0.25, 0.3) is 0 Å². The topological polar surface area (TPSA) is 46.6 Å². The third-order valence-corrected chi connectivity index (χ3v) is 4.90. The van der Waals surface area contributed by atoms with Crippen molar-refractivity contribution in [1.29, 1.82) is 0 Å². The normalized spacial score (nSPS) is 11.6. The Balaban J connectivity index is 3.34. The molecule has 0 unspecified atom stereocenters. The van der Waals surface area contributed by atoms with E-state index in [1.807, 2.05) is 19.0 Å². The van der Waals surface area contributed by atoms with E-state index in [0.29, 0.717) is 18.0 Å². The second-order valence-electron chi connectivity index (χ2n) is 7.99. The second kappa shape index (κ2) is 19.9.